The Kier molecular flexibility index (Phi) is 7.42. The summed E-state index contributed by atoms with van der Waals surface area (Å²) in [6.45, 7) is 4.01. The predicted octanol–water partition coefficient (Wildman–Crippen LogP) is -0.261. The quantitative estimate of drug-likeness (QED) is 0.570. The summed E-state index contributed by atoms with van der Waals surface area (Å²) < 4.78 is 30.8. The van der Waals surface area contributed by atoms with E-state index in [4.69, 9.17) is 9.84 Å². The predicted molar refractivity (Wildman–Crippen MR) is 75.1 cm³/mol. The smallest absolute Gasteiger partial charge is 0.317 e. The second-order valence-electron chi connectivity index (χ2n) is 4.90. The van der Waals surface area contributed by atoms with Crippen LogP contribution in [0.25, 0.3) is 0 Å². The van der Waals surface area contributed by atoms with E-state index in [9.17, 15) is 13.2 Å². The van der Waals surface area contributed by atoms with Crippen molar-refractivity contribution in [1.82, 2.24) is 9.62 Å². The molecule has 2 N–H and O–H groups in total. The number of carbonyl (C=O) groups is 1. The van der Waals surface area contributed by atoms with Crippen LogP contribution in [0.15, 0.2) is 0 Å². The molecule has 1 saturated heterocycles. The average Bonchev–Trinajstić information content (AvgIpc) is 2.39. The standard InChI is InChI=1S/C12H24N2O5S/c1-2-19-6-7-20(17,18)14-5-3-4-11(10-14)8-13-9-12(15)16/h11,13H,2-10H2,1H3,(H,15,16). The fourth-order valence-corrected chi connectivity index (χ4v) is 3.70. The molecular weight excluding hydrogens is 284 g/mol. The third kappa shape index (κ3) is 6.17. The van der Waals surface area contributed by atoms with E-state index in [1.165, 1.54) is 4.31 Å². The van der Waals surface area contributed by atoms with Gasteiger partial charge in [0, 0.05) is 19.7 Å². The number of carboxylic acid groups (broad SMARTS) is 1. The zero-order valence-corrected chi connectivity index (χ0v) is 12.7. The summed E-state index contributed by atoms with van der Waals surface area (Å²) in [6.07, 6.45) is 1.73. The third-order valence-electron chi connectivity index (χ3n) is 3.27. The Labute approximate surface area is 120 Å². The maximum absolute atomic E-state index is 12.1. The monoisotopic (exact) mass is 308 g/mol. The fraction of sp³-hybridized carbons (Fsp3) is 0.917. The number of nitrogens with zero attached hydrogens (tertiary/aromatic N) is 1. The van der Waals surface area contributed by atoms with Crippen molar-refractivity contribution in [2.75, 3.05) is 45.1 Å². The number of sulfonamides is 1. The van der Waals surface area contributed by atoms with Crippen molar-refractivity contribution in [3.8, 4) is 0 Å². The highest BCUT2D eigenvalue weighted by Crippen LogP contribution is 2.18. The van der Waals surface area contributed by atoms with Crippen LogP contribution in [0.5, 0.6) is 0 Å². The first-order valence-electron chi connectivity index (χ1n) is 6.93. The number of carboxylic acids is 1. The van der Waals surface area contributed by atoms with Crippen LogP contribution in [0.3, 0.4) is 0 Å². The van der Waals surface area contributed by atoms with Gasteiger partial charge < -0.3 is 15.2 Å². The highest BCUT2D eigenvalue weighted by atomic mass is 32.2. The molecular formula is C12H24N2O5S. The summed E-state index contributed by atoms with van der Waals surface area (Å²) in [5, 5.41) is 11.4. The van der Waals surface area contributed by atoms with E-state index >= 15 is 0 Å². The molecule has 1 rings (SSSR count). The molecule has 0 bridgehead atoms. The van der Waals surface area contributed by atoms with Crippen molar-refractivity contribution in [3.05, 3.63) is 0 Å². The first-order valence-corrected chi connectivity index (χ1v) is 8.54. The van der Waals surface area contributed by atoms with Crippen molar-refractivity contribution in [2.45, 2.75) is 19.8 Å². The molecule has 20 heavy (non-hydrogen) atoms. The molecule has 0 aromatic heterocycles. The van der Waals surface area contributed by atoms with Crippen LogP contribution in [-0.2, 0) is 19.6 Å². The molecule has 1 aliphatic rings. The summed E-state index contributed by atoms with van der Waals surface area (Å²) in [6, 6.07) is 0. The Morgan fingerprint density at radius 2 is 2.25 bits per heavy atom. The minimum Gasteiger partial charge on any atom is -0.480 e. The molecule has 0 radical (unpaired) electrons. The van der Waals surface area contributed by atoms with Crippen LogP contribution < -0.4 is 5.32 Å². The van der Waals surface area contributed by atoms with Gasteiger partial charge >= 0.3 is 5.97 Å². The number of aliphatic carboxylic acids is 1. The van der Waals surface area contributed by atoms with E-state index in [1.54, 1.807) is 0 Å². The summed E-state index contributed by atoms with van der Waals surface area (Å²) in [4.78, 5) is 10.4. The number of piperidine rings is 1. The van der Waals surface area contributed by atoms with Gasteiger partial charge in [0.25, 0.3) is 0 Å². The molecule has 1 heterocycles. The normalized spacial score (nSPS) is 20.9. The number of hydrogen-bond acceptors (Lipinski definition) is 5. The Morgan fingerprint density at radius 3 is 2.90 bits per heavy atom. The number of ether oxygens (including phenoxy) is 1. The Hall–Kier alpha value is -0.700. The third-order valence-corrected chi connectivity index (χ3v) is 5.08. The van der Waals surface area contributed by atoms with Crippen LogP contribution in [0.4, 0.5) is 0 Å². The molecule has 0 aliphatic carbocycles. The van der Waals surface area contributed by atoms with Crippen molar-refractivity contribution in [2.24, 2.45) is 5.92 Å². The van der Waals surface area contributed by atoms with Gasteiger partial charge in [0.15, 0.2) is 0 Å². The van der Waals surface area contributed by atoms with Crippen molar-refractivity contribution in [1.29, 1.82) is 0 Å². The first kappa shape index (κ1) is 17.4. The van der Waals surface area contributed by atoms with Gasteiger partial charge in [-0.1, -0.05) is 0 Å². The summed E-state index contributed by atoms with van der Waals surface area (Å²) in [7, 11) is -3.27. The maximum Gasteiger partial charge on any atom is 0.317 e. The lowest BCUT2D eigenvalue weighted by atomic mass is 10.00. The van der Waals surface area contributed by atoms with Crippen LogP contribution in [0.1, 0.15) is 19.8 Å². The molecule has 1 fully saturated rings. The minimum absolute atomic E-state index is 0.0100. The van der Waals surface area contributed by atoms with Gasteiger partial charge in [-0.3, -0.25) is 4.79 Å². The van der Waals surface area contributed by atoms with Gasteiger partial charge in [0.05, 0.1) is 18.9 Å². The lowest BCUT2D eigenvalue weighted by Crippen LogP contribution is -2.44. The van der Waals surface area contributed by atoms with E-state index in [1.807, 2.05) is 6.92 Å². The van der Waals surface area contributed by atoms with Gasteiger partial charge in [-0.15, -0.1) is 0 Å². The highest BCUT2D eigenvalue weighted by Gasteiger charge is 2.28. The Morgan fingerprint density at radius 1 is 1.50 bits per heavy atom. The summed E-state index contributed by atoms with van der Waals surface area (Å²) in [5.74, 6) is -0.720. The van der Waals surface area contributed by atoms with E-state index in [-0.39, 0.29) is 24.8 Å². The van der Waals surface area contributed by atoms with Crippen LogP contribution in [-0.4, -0.2) is 68.9 Å². The number of hydrogen-bond donors (Lipinski definition) is 2. The minimum atomic E-state index is -3.27. The Balaban J connectivity index is 2.40. The average molecular weight is 308 g/mol. The maximum atomic E-state index is 12.1. The highest BCUT2D eigenvalue weighted by molar-refractivity contribution is 7.89. The molecule has 1 unspecified atom stereocenters. The molecule has 1 aliphatic heterocycles. The molecule has 0 spiro atoms. The largest absolute Gasteiger partial charge is 0.480 e. The van der Waals surface area contributed by atoms with E-state index in [0.29, 0.717) is 26.2 Å². The van der Waals surface area contributed by atoms with Crippen LogP contribution >= 0.6 is 0 Å². The van der Waals surface area contributed by atoms with Gasteiger partial charge in [-0.05, 0) is 32.2 Å². The molecule has 8 heteroatoms. The van der Waals surface area contributed by atoms with Crippen molar-refractivity contribution >= 4 is 16.0 Å². The number of rotatable bonds is 9. The zero-order valence-electron chi connectivity index (χ0n) is 11.9. The summed E-state index contributed by atoms with van der Waals surface area (Å²) >= 11 is 0. The molecule has 0 aromatic carbocycles. The first-order chi connectivity index (χ1) is 9.45. The zero-order chi connectivity index (χ0) is 15.0. The second kappa shape index (κ2) is 8.56. The number of nitrogens with one attached hydrogen (secondary N) is 1. The van der Waals surface area contributed by atoms with Crippen molar-refractivity contribution in [3.63, 3.8) is 0 Å². The fourth-order valence-electron chi connectivity index (χ4n) is 2.27. The molecule has 118 valence electrons. The molecule has 0 aromatic rings. The Bertz CT molecular complexity index is 399. The molecule has 1 atom stereocenters. The molecule has 0 saturated carbocycles. The summed E-state index contributed by atoms with van der Waals surface area (Å²) in [5.41, 5.74) is 0. The van der Waals surface area contributed by atoms with Gasteiger partial charge in [-0.2, -0.15) is 0 Å². The van der Waals surface area contributed by atoms with Crippen molar-refractivity contribution < 1.29 is 23.1 Å². The van der Waals surface area contributed by atoms with Gasteiger partial charge in [-0.25, -0.2) is 12.7 Å². The van der Waals surface area contributed by atoms with Crippen LogP contribution in [0, 0.1) is 5.92 Å². The molecule has 7 nitrogen and oxygen atoms in total. The SMILES string of the molecule is CCOCCS(=O)(=O)N1CCCC(CNCC(=O)O)C1. The van der Waals surface area contributed by atoms with E-state index < -0.39 is 16.0 Å². The van der Waals surface area contributed by atoms with E-state index in [2.05, 4.69) is 5.32 Å². The molecule has 0 amide bonds. The second-order valence-corrected chi connectivity index (χ2v) is 6.99. The van der Waals surface area contributed by atoms with Gasteiger partial charge in [0.1, 0.15) is 0 Å². The topological polar surface area (TPSA) is 95.9 Å². The van der Waals surface area contributed by atoms with E-state index in [0.717, 1.165) is 12.8 Å². The van der Waals surface area contributed by atoms with Crippen LogP contribution in [0.2, 0.25) is 0 Å². The lowest BCUT2D eigenvalue weighted by molar-refractivity contribution is -0.136. The lowest BCUT2D eigenvalue weighted by Gasteiger charge is -2.32. The van der Waals surface area contributed by atoms with Gasteiger partial charge in [0.2, 0.25) is 10.0 Å².